The predicted molar refractivity (Wildman–Crippen MR) is 76.2 cm³/mol. The lowest BCUT2D eigenvalue weighted by Crippen LogP contribution is -1.95. The van der Waals surface area contributed by atoms with Crippen LogP contribution in [0.2, 0.25) is 0 Å². The molecule has 3 aromatic rings. The Morgan fingerprint density at radius 1 is 1.00 bits per heavy atom. The van der Waals surface area contributed by atoms with Crippen LogP contribution in [0, 0.1) is 12.7 Å². The zero-order chi connectivity index (χ0) is 13.2. The first-order valence-corrected chi connectivity index (χ1v) is 6.11. The lowest BCUT2D eigenvalue weighted by Gasteiger charge is -2.10. The minimum Gasteiger partial charge on any atom is -0.353 e. The zero-order valence-electron chi connectivity index (χ0n) is 10.5. The second-order valence-electron chi connectivity index (χ2n) is 4.48. The Kier molecular flexibility index (Phi) is 2.88. The molecule has 0 spiro atoms. The average molecular weight is 252 g/mol. The van der Waals surface area contributed by atoms with Crippen molar-refractivity contribution in [2.45, 2.75) is 6.92 Å². The number of halogens is 1. The molecule has 0 amide bonds. The molecular weight excluding hydrogens is 239 g/mol. The number of para-hydroxylation sites is 1. The van der Waals surface area contributed by atoms with Crippen molar-refractivity contribution in [3.63, 3.8) is 0 Å². The monoisotopic (exact) mass is 252 g/mol. The molecule has 0 radical (unpaired) electrons. The topological polar surface area (TPSA) is 24.9 Å². The fourth-order valence-corrected chi connectivity index (χ4v) is 2.08. The van der Waals surface area contributed by atoms with Crippen molar-refractivity contribution in [3.8, 4) is 0 Å². The summed E-state index contributed by atoms with van der Waals surface area (Å²) in [7, 11) is 0. The Bertz CT molecular complexity index is 738. The van der Waals surface area contributed by atoms with Gasteiger partial charge in [-0.15, -0.1) is 0 Å². The van der Waals surface area contributed by atoms with E-state index in [1.54, 1.807) is 24.4 Å². The van der Waals surface area contributed by atoms with E-state index in [4.69, 9.17) is 0 Å². The Hall–Kier alpha value is -2.42. The third-order valence-electron chi connectivity index (χ3n) is 3.04. The summed E-state index contributed by atoms with van der Waals surface area (Å²) < 4.78 is 13.7. The largest absolute Gasteiger partial charge is 0.353 e. The van der Waals surface area contributed by atoms with Crippen LogP contribution in [0.5, 0.6) is 0 Å². The van der Waals surface area contributed by atoms with Crippen molar-refractivity contribution in [2.75, 3.05) is 5.32 Å². The van der Waals surface area contributed by atoms with Gasteiger partial charge in [0.1, 0.15) is 5.82 Å². The highest BCUT2D eigenvalue weighted by molar-refractivity contribution is 5.93. The minimum absolute atomic E-state index is 0.264. The van der Waals surface area contributed by atoms with Gasteiger partial charge in [-0.25, -0.2) is 4.39 Å². The number of nitrogens with one attached hydrogen (secondary N) is 1. The number of pyridine rings is 1. The summed E-state index contributed by atoms with van der Waals surface area (Å²) in [6.07, 6.45) is 1.72. The molecule has 19 heavy (non-hydrogen) atoms. The maximum atomic E-state index is 13.7. The summed E-state index contributed by atoms with van der Waals surface area (Å²) in [4.78, 5) is 4.31. The SMILES string of the molecule is Cc1ccc2nccc(Nc3ccccc3F)c2c1. The molecule has 0 bridgehead atoms. The van der Waals surface area contributed by atoms with Gasteiger partial charge in [-0.3, -0.25) is 4.98 Å². The first kappa shape index (κ1) is 11.7. The van der Waals surface area contributed by atoms with Crippen LogP contribution in [0.3, 0.4) is 0 Å². The van der Waals surface area contributed by atoms with Crippen LogP contribution in [-0.2, 0) is 0 Å². The van der Waals surface area contributed by atoms with Gasteiger partial charge in [0.15, 0.2) is 0 Å². The Morgan fingerprint density at radius 2 is 1.84 bits per heavy atom. The van der Waals surface area contributed by atoms with Crippen LogP contribution in [0.4, 0.5) is 15.8 Å². The molecule has 3 heteroatoms. The van der Waals surface area contributed by atoms with Gasteiger partial charge >= 0.3 is 0 Å². The Balaban J connectivity index is 2.10. The van der Waals surface area contributed by atoms with Crippen LogP contribution in [0.15, 0.2) is 54.7 Å². The van der Waals surface area contributed by atoms with E-state index in [1.807, 2.05) is 31.2 Å². The number of anilines is 2. The quantitative estimate of drug-likeness (QED) is 0.730. The van der Waals surface area contributed by atoms with Gasteiger partial charge in [0, 0.05) is 17.3 Å². The van der Waals surface area contributed by atoms with Crippen LogP contribution >= 0.6 is 0 Å². The van der Waals surface area contributed by atoms with Gasteiger partial charge in [-0.05, 0) is 37.3 Å². The van der Waals surface area contributed by atoms with Crippen LogP contribution < -0.4 is 5.32 Å². The van der Waals surface area contributed by atoms with Crippen molar-refractivity contribution >= 4 is 22.3 Å². The highest BCUT2D eigenvalue weighted by Crippen LogP contribution is 2.26. The summed E-state index contributed by atoms with van der Waals surface area (Å²) in [5, 5.41) is 4.12. The molecule has 1 heterocycles. The molecule has 0 aliphatic carbocycles. The highest BCUT2D eigenvalue weighted by atomic mass is 19.1. The number of benzene rings is 2. The molecule has 0 aliphatic rings. The lowest BCUT2D eigenvalue weighted by molar-refractivity contribution is 0.632. The van der Waals surface area contributed by atoms with Crippen molar-refractivity contribution in [2.24, 2.45) is 0 Å². The van der Waals surface area contributed by atoms with Crippen molar-refractivity contribution < 1.29 is 4.39 Å². The van der Waals surface area contributed by atoms with Crippen molar-refractivity contribution in [3.05, 3.63) is 66.1 Å². The smallest absolute Gasteiger partial charge is 0.146 e. The van der Waals surface area contributed by atoms with Gasteiger partial charge in [0.25, 0.3) is 0 Å². The van der Waals surface area contributed by atoms with E-state index in [0.29, 0.717) is 5.69 Å². The van der Waals surface area contributed by atoms with Gasteiger partial charge in [0.2, 0.25) is 0 Å². The maximum Gasteiger partial charge on any atom is 0.146 e. The molecule has 1 aromatic heterocycles. The van der Waals surface area contributed by atoms with Crippen LogP contribution in [0.1, 0.15) is 5.56 Å². The zero-order valence-corrected chi connectivity index (χ0v) is 10.5. The molecule has 0 unspecified atom stereocenters. The summed E-state index contributed by atoms with van der Waals surface area (Å²) in [5.74, 6) is -0.264. The third kappa shape index (κ3) is 2.27. The van der Waals surface area contributed by atoms with Gasteiger partial charge in [-0.1, -0.05) is 23.8 Å². The molecule has 0 aliphatic heterocycles. The predicted octanol–water partition coefficient (Wildman–Crippen LogP) is 4.43. The first-order chi connectivity index (χ1) is 9.24. The van der Waals surface area contributed by atoms with Gasteiger partial charge in [0.05, 0.1) is 11.2 Å². The fourth-order valence-electron chi connectivity index (χ4n) is 2.08. The number of hydrogen-bond donors (Lipinski definition) is 1. The number of aryl methyl sites for hydroxylation is 1. The summed E-state index contributed by atoms with van der Waals surface area (Å²) in [6, 6.07) is 14.5. The molecule has 0 fully saturated rings. The van der Waals surface area contributed by atoms with E-state index >= 15 is 0 Å². The minimum atomic E-state index is -0.264. The highest BCUT2D eigenvalue weighted by Gasteiger charge is 2.05. The number of rotatable bonds is 2. The van der Waals surface area contributed by atoms with E-state index in [-0.39, 0.29) is 5.82 Å². The fraction of sp³-hybridized carbons (Fsp3) is 0.0625. The second-order valence-corrected chi connectivity index (χ2v) is 4.48. The summed E-state index contributed by atoms with van der Waals surface area (Å²) in [5.41, 5.74) is 3.37. The Morgan fingerprint density at radius 3 is 2.68 bits per heavy atom. The molecule has 0 saturated carbocycles. The molecule has 2 nitrogen and oxygen atoms in total. The molecule has 2 aromatic carbocycles. The summed E-state index contributed by atoms with van der Waals surface area (Å²) in [6.45, 7) is 2.03. The number of aromatic nitrogens is 1. The molecule has 94 valence electrons. The molecule has 3 rings (SSSR count). The Labute approximate surface area is 110 Å². The first-order valence-electron chi connectivity index (χ1n) is 6.11. The molecular formula is C16H13FN2. The van der Waals surface area contributed by atoms with Gasteiger partial charge < -0.3 is 5.32 Å². The van der Waals surface area contributed by atoms with E-state index in [2.05, 4.69) is 10.3 Å². The van der Waals surface area contributed by atoms with Crippen LogP contribution in [0.25, 0.3) is 10.9 Å². The van der Waals surface area contributed by atoms with Gasteiger partial charge in [-0.2, -0.15) is 0 Å². The third-order valence-corrected chi connectivity index (χ3v) is 3.04. The van der Waals surface area contributed by atoms with Crippen molar-refractivity contribution in [1.82, 2.24) is 4.98 Å². The van der Waals surface area contributed by atoms with E-state index in [0.717, 1.165) is 22.2 Å². The average Bonchev–Trinajstić information content (AvgIpc) is 2.42. The standard InChI is InChI=1S/C16H13FN2/c1-11-6-7-14-12(10-11)15(8-9-18-14)19-16-5-3-2-4-13(16)17/h2-10H,1H3,(H,18,19). The number of nitrogens with zero attached hydrogens (tertiary/aromatic N) is 1. The second kappa shape index (κ2) is 4.69. The number of fused-ring (bicyclic) bond motifs is 1. The maximum absolute atomic E-state index is 13.7. The lowest BCUT2D eigenvalue weighted by atomic mass is 10.1. The van der Waals surface area contributed by atoms with Crippen molar-refractivity contribution in [1.29, 1.82) is 0 Å². The van der Waals surface area contributed by atoms with Crippen LogP contribution in [-0.4, -0.2) is 4.98 Å². The molecule has 0 saturated heterocycles. The molecule has 0 atom stereocenters. The normalized spacial score (nSPS) is 10.6. The molecule has 1 N–H and O–H groups in total. The van der Waals surface area contributed by atoms with E-state index in [9.17, 15) is 4.39 Å². The summed E-state index contributed by atoms with van der Waals surface area (Å²) >= 11 is 0. The van der Waals surface area contributed by atoms with E-state index < -0.39 is 0 Å². The number of hydrogen-bond acceptors (Lipinski definition) is 2. The van der Waals surface area contributed by atoms with E-state index in [1.165, 1.54) is 6.07 Å².